The standard InChI is InChI=1S/C15H23NS/c1-3-12-7-6-8-13(11-12)15(16-2)14-9-4-5-10-17-14/h6-8,11,14-16H,3-5,9-10H2,1-2H3. The first-order chi connectivity index (χ1) is 8.35. The first-order valence-electron chi connectivity index (χ1n) is 6.73. The Balaban J connectivity index is 2.15. The molecule has 1 nitrogen and oxygen atoms in total. The van der Waals surface area contributed by atoms with Crippen LogP contribution in [0.15, 0.2) is 24.3 Å². The highest BCUT2D eigenvalue weighted by molar-refractivity contribution is 8.00. The molecule has 1 aliphatic heterocycles. The molecule has 17 heavy (non-hydrogen) atoms. The van der Waals surface area contributed by atoms with Crippen molar-refractivity contribution in [2.45, 2.75) is 43.9 Å². The van der Waals surface area contributed by atoms with Crippen molar-refractivity contribution in [2.24, 2.45) is 0 Å². The third-order valence-corrected chi connectivity index (χ3v) is 5.08. The molecule has 2 heteroatoms. The lowest BCUT2D eigenvalue weighted by molar-refractivity contribution is 0.516. The van der Waals surface area contributed by atoms with Gasteiger partial charge in [0.25, 0.3) is 0 Å². The smallest absolute Gasteiger partial charge is 0.0438 e. The molecule has 0 aliphatic carbocycles. The second-order valence-corrected chi connectivity index (χ2v) is 6.12. The van der Waals surface area contributed by atoms with Crippen molar-refractivity contribution in [2.75, 3.05) is 12.8 Å². The van der Waals surface area contributed by atoms with Crippen molar-refractivity contribution in [3.8, 4) is 0 Å². The van der Waals surface area contributed by atoms with Crippen LogP contribution in [0.4, 0.5) is 0 Å². The minimum absolute atomic E-state index is 0.520. The maximum absolute atomic E-state index is 3.52. The lowest BCUT2D eigenvalue weighted by Gasteiger charge is -2.30. The van der Waals surface area contributed by atoms with E-state index in [1.807, 2.05) is 0 Å². The van der Waals surface area contributed by atoms with Gasteiger partial charge in [-0.05, 0) is 43.2 Å². The number of hydrogen-bond acceptors (Lipinski definition) is 2. The van der Waals surface area contributed by atoms with E-state index in [4.69, 9.17) is 0 Å². The SMILES string of the molecule is CCc1cccc(C(NC)C2CCCCS2)c1. The fraction of sp³-hybridized carbons (Fsp3) is 0.600. The van der Waals surface area contributed by atoms with E-state index >= 15 is 0 Å². The molecule has 0 radical (unpaired) electrons. The molecule has 1 aromatic rings. The summed E-state index contributed by atoms with van der Waals surface area (Å²) in [5, 5.41) is 4.27. The maximum Gasteiger partial charge on any atom is 0.0438 e. The zero-order valence-corrected chi connectivity index (χ0v) is 11.7. The third-order valence-electron chi connectivity index (χ3n) is 3.62. The summed E-state index contributed by atoms with van der Waals surface area (Å²) in [4.78, 5) is 0. The van der Waals surface area contributed by atoms with Crippen LogP contribution < -0.4 is 5.32 Å². The summed E-state index contributed by atoms with van der Waals surface area (Å²) >= 11 is 2.14. The van der Waals surface area contributed by atoms with Gasteiger partial charge in [-0.15, -0.1) is 0 Å². The molecule has 1 N–H and O–H groups in total. The van der Waals surface area contributed by atoms with Gasteiger partial charge in [-0.25, -0.2) is 0 Å². The average molecular weight is 249 g/mol. The van der Waals surface area contributed by atoms with Crippen molar-refractivity contribution >= 4 is 11.8 Å². The molecule has 1 aromatic carbocycles. The highest BCUT2D eigenvalue weighted by Gasteiger charge is 2.24. The topological polar surface area (TPSA) is 12.0 Å². The van der Waals surface area contributed by atoms with Crippen molar-refractivity contribution in [3.63, 3.8) is 0 Å². The van der Waals surface area contributed by atoms with Crippen LogP contribution in [0.25, 0.3) is 0 Å². The Hall–Kier alpha value is -0.470. The van der Waals surface area contributed by atoms with Crippen LogP contribution >= 0.6 is 11.8 Å². The Morgan fingerprint density at radius 2 is 2.29 bits per heavy atom. The predicted molar refractivity (Wildman–Crippen MR) is 77.7 cm³/mol. The molecule has 2 rings (SSSR count). The molecule has 2 unspecified atom stereocenters. The van der Waals surface area contributed by atoms with E-state index in [-0.39, 0.29) is 0 Å². The molecular weight excluding hydrogens is 226 g/mol. The number of nitrogens with one attached hydrogen (secondary N) is 1. The second kappa shape index (κ2) is 6.46. The van der Waals surface area contributed by atoms with E-state index in [1.165, 1.54) is 36.1 Å². The minimum Gasteiger partial charge on any atom is -0.312 e. The lowest BCUT2D eigenvalue weighted by Crippen LogP contribution is -2.29. The first kappa shape index (κ1) is 13.0. The number of aryl methyl sites for hydroxylation is 1. The van der Waals surface area contributed by atoms with Crippen LogP contribution in [-0.4, -0.2) is 18.1 Å². The number of rotatable bonds is 4. The molecule has 1 heterocycles. The van der Waals surface area contributed by atoms with Crippen LogP contribution in [0.5, 0.6) is 0 Å². The second-order valence-electron chi connectivity index (χ2n) is 4.77. The van der Waals surface area contributed by atoms with Gasteiger partial charge in [0, 0.05) is 11.3 Å². The van der Waals surface area contributed by atoms with Crippen molar-refractivity contribution < 1.29 is 0 Å². The Morgan fingerprint density at radius 3 is 2.94 bits per heavy atom. The third kappa shape index (κ3) is 3.26. The summed E-state index contributed by atoms with van der Waals surface area (Å²) in [7, 11) is 2.10. The van der Waals surface area contributed by atoms with Crippen LogP contribution in [0.2, 0.25) is 0 Å². The number of hydrogen-bond donors (Lipinski definition) is 1. The Labute approximate surface area is 109 Å². The first-order valence-corrected chi connectivity index (χ1v) is 7.77. The molecule has 1 fully saturated rings. The van der Waals surface area contributed by atoms with E-state index in [2.05, 4.69) is 55.3 Å². The van der Waals surface area contributed by atoms with E-state index < -0.39 is 0 Å². The molecule has 1 aliphatic rings. The van der Waals surface area contributed by atoms with Crippen LogP contribution in [0.3, 0.4) is 0 Å². The largest absolute Gasteiger partial charge is 0.312 e. The summed E-state index contributed by atoms with van der Waals surface area (Å²) in [6.45, 7) is 2.23. The highest BCUT2D eigenvalue weighted by Crippen LogP contribution is 2.34. The Kier molecular flexibility index (Phi) is 4.93. The highest BCUT2D eigenvalue weighted by atomic mass is 32.2. The molecule has 0 amide bonds. The van der Waals surface area contributed by atoms with Gasteiger partial charge >= 0.3 is 0 Å². The Morgan fingerprint density at radius 1 is 1.41 bits per heavy atom. The Bertz CT molecular complexity index is 345. The predicted octanol–water partition coefficient (Wildman–Crippen LogP) is 3.80. The van der Waals surface area contributed by atoms with Crippen molar-refractivity contribution in [3.05, 3.63) is 35.4 Å². The molecule has 0 bridgehead atoms. The van der Waals surface area contributed by atoms with Gasteiger partial charge in [0.15, 0.2) is 0 Å². The van der Waals surface area contributed by atoms with Gasteiger partial charge in [0.2, 0.25) is 0 Å². The van der Waals surface area contributed by atoms with Crippen molar-refractivity contribution in [1.82, 2.24) is 5.32 Å². The summed E-state index contributed by atoms with van der Waals surface area (Å²) in [5.74, 6) is 1.33. The molecule has 0 aromatic heterocycles. The summed E-state index contributed by atoms with van der Waals surface area (Å²) in [6, 6.07) is 9.59. The van der Waals surface area contributed by atoms with Crippen LogP contribution in [-0.2, 0) is 6.42 Å². The summed E-state index contributed by atoms with van der Waals surface area (Å²) in [6.07, 6.45) is 5.27. The van der Waals surface area contributed by atoms with E-state index in [9.17, 15) is 0 Å². The normalized spacial score (nSPS) is 22.4. The molecular formula is C15H23NS. The van der Waals surface area contributed by atoms with Gasteiger partial charge < -0.3 is 5.32 Å². The minimum atomic E-state index is 0.520. The van der Waals surface area contributed by atoms with E-state index in [1.54, 1.807) is 0 Å². The van der Waals surface area contributed by atoms with Crippen LogP contribution in [0.1, 0.15) is 43.4 Å². The average Bonchev–Trinajstić information content (AvgIpc) is 2.41. The fourth-order valence-electron chi connectivity index (χ4n) is 2.60. The zero-order chi connectivity index (χ0) is 12.1. The quantitative estimate of drug-likeness (QED) is 0.871. The van der Waals surface area contributed by atoms with Gasteiger partial charge in [-0.3, -0.25) is 0 Å². The lowest BCUT2D eigenvalue weighted by atomic mass is 9.97. The summed E-state index contributed by atoms with van der Waals surface area (Å²) in [5.41, 5.74) is 2.91. The molecule has 94 valence electrons. The van der Waals surface area contributed by atoms with Gasteiger partial charge in [0.05, 0.1) is 0 Å². The molecule has 2 atom stereocenters. The van der Waals surface area contributed by atoms with Gasteiger partial charge in [-0.2, -0.15) is 11.8 Å². The maximum atomic E-state index is 3.52. The zero-order valence-electron chi connectivity index (χ0n) is 10.9. The van der Waals surface area contributed by atoms with Gasteiger partial charge in [-0.1, -0.05) is 37.6 Å². The molecule has 0 spiro atoms. The number of benzene rings is 1. The number of thioether (sulfide) groups is 1. The van der Waals surface area contributed by atoms with E-state index in [0.717, 1.165) is 11.7 Å². The van der Waals surface area contributed by atoms with Gasteiger partial charge in [0.1, 0.15) is 0 Å². The van der Waals surface area contributed by atoms with Crippen LogP contribution in [0, 0.1) is 0 Å². The van der Waals surface area contributed by atoms with Crippen molar-refractivity contribution in [1.29, 1.82) is 0 Å². The van der Waals surface area contributed by atoms with E-state index in [0.29, 0.717) is 6.04 Å². The molecule has 0 saturated carbocycles. The fourth-order valence-corrected chi connectivity index (χ4v) is 4.09. The monoisotopic (exact) mass is 249 g/mol. The summed E-state index contributed by atoms with van der Waals surface area (Å²) < 4.78 is 0. The molecule has 1 saturated heterocycles.